The van der Waals surface area contributed by atoms with Crippen LogP contribution in [0, 0.1) is 17.8 Å². The summed E-state index contributed by atoms with van der Waals surface area (Å²) in [6, 6.07) is 12.9. The van der Waals surface area contributed by atoms with Gasteiger partial charge < -0.3 is 14.8 Å². The van der Waals surface area contributed by atoms with Gasteiger partial charge in [-0.3, -0.25) is 19.5 Å². The van der Waals surface area contributed by atoms with Gasteiger partial charge >= 0.3 is 5.97 Å². The molecule has 1 saturated heterocycles. The van der Waals surface area contributed by atoms with E-state index in [2.05, 4.69) is 20.3 Å². The zero-order chi connectivity index (χ0) is 32.8. The van der Waals surface area contributed by atoms with Crippen molar-refractivity contribution >= 4 is 51.4 Å². The second-order valence-electron chi connectivity index (χ2n) is 11.7. The zero-order valence-electron chi connectivity index (χ0n) is 25.9. The molecule has 1 aliphatic heterocycles. The average molecular weight is 673 g/mol. The molecule has 2 fully saturated rings. The fraction of sp³-hybridized carbons (Fsp3) is 0.294. The Hall–Kier alpha value is -4.58. The van der Waals surface area contributed by atoms with E-state index < -0.39 is 0 Å². The van der Waals surface area contributed by atoms with Gasteiger partial charge in [-0.1, -0.05) is 53.5 Å². The molecule has 3 atom stereocenters. The minimum Gasteiger partial charge on any atom is -0.480 e. The fourth-order valence-corrected chi connectivity index (χ4v) is 7.11. The van der Waals surface area contributed by atoms with Crippen molar-refractivity contribution in [2.24, 2.45) is 24.8 Å². The zero-order valence-corrected chi connectivity index (χ0v) is 27.4. The van der Waals surface area contributed by atoms with Crippen LogP contribution in [0.5, 0.6) is 5.88 Å². The molecule has 1 aliphatic carbocycles. The molecule has 0 bridgehead atoms. The molecule has 2 aliphatic rings. The maximum atomic E-state index is 12.9. The lowest BCUT2D eigenvalue weighted by molar-refractivity contribution is -0.145. The van der Waals surface area contributed by atoms with E-state index in [9.17, 15) is 9.59 Å². The summed E-state index contributed by atoms with van der Waals surface area (Å²) in [5.41, 5.74) is 3.60. The number of fused-ring (bicyclic) bond motifs is 2. The molecule has 3 aromatic heterocycles. The maximum absolute atomic E-state index is 12.9. The summed E-state index contributed by atoms with van der Waals surface area (Å²) in [7, 11) is 3.16. The number of aryl methyl sites for hydroxylation is 1. The number of piperidine rings is 1. The molecule has 13 heteroatoms. The van der Waals surface area contributed by atoms with E-state index in [4.69, 9.17) is 42.6 Å². The van der Waals surface area contributed by atoms with Crippen LogP contribution in [0.4, 0.5) is 11.5 Å². The van der Waals surface area contributed by atoms with Crippen molar-refractivity contribution in [2.75, 3.05) is 32.1 Å². The fourth-order valence-electron chi connectivity index (χ4n) is 6.51. The minimum atomic E-state index is -0.275. The van der Waals surface area contributed by atoms with Gasteiger partial charge in [0.05, 0.1) is 58.8 Å². The van der Waals surface area contributed by atoms with Crippen LogP contribution in [0.3, 0.4) is 0 Å². The summed E-state index contributed by atoms with van der Waals surface area (Å²) < 4.78 is 12.1. The lowest BCUT2D eigenvalue weighted by Gasteiger charge is -2.20. The van der Waals surface area contributed by atoms with Crippen molar-refractivity contribution < 1.29 is 14.3 Å². The van der Waals surface area contributed by atoms with Crippen molar-refractivity contribution in [3.8, 4) is 28.3 Å². The lowest BCUT2D eigenvalue weighted by atomic mass is 10.0. The summed E-state index contributed by atoms with van der Waals surface area (Å²) in [6.45, 7) is 4.44. The number of carbonyl (C=O) groups excluding carboxylic acids is 1. The second kappa shape index (κ2) is 12.6. The monoisotopic (exact) mass is 671 g/mol. The standard InChI is InChI=1S/C34H31Cl2N7O4/c1-4-47-34(45)28-22-15-43(16-23(22)28)17-26-32(46-3)41-25(14-38-26)21-9-5-7-19(29(21)35)20-8-6-10-24(30(20)36)40-31-27-18(11-12-37-31)13-39-42(2)33(27)44/h5-14,22-23,28H,4,15-17H2,1-3H3,(H,37,40)/t22-,23+,28?. The summed E-state index contributed by atoms with van der Waals surface area (Å²) in [5.74, 6) is 1.39. The summed E-state index contributed by atoms with van der Waals surface area (Å²) in [6.07, 6.45) is 4.93. The molecule has 47 heavy (non-hydrogen) atoms. The lowest BCUT2D eigenvalue weighted by Crippen LogP contribution is -2.27. The number of carbonyl (C=O) groups is 1. The molecule has 0 amide bonds. The molecule has 2 aromatic carbocycles. The third-order valence-electron chi connectivity index (χ3n) is 8.88. The highest BCUT2D eigenvalue weighted by Crippen LogP contribution is 2.52. The van der Waals surface area contributed by atoms with Gasteiger partial charge in [0.1, 0.15) is 11.5 Å². The van der Waals surface area contributed by atoms with Crippen molar-refractivity contribution in [1.29, 1.82) is 0 Å². The Morgan fingerprint density at radius 1 is 1.00 bits per heavy atom. The smallest absolute Gasteiger partial charge is 0.309 e. The van der Waals surface area contributed by atoms with Gasteiger partial charge in [-0.25, -0.2) is 14.6 Å². The highest BCUT2D eigenvalue weighted by atomic mass is 35.5. The molecule has 4 heterocycles. The van der Waals surface area contributed by atoms with E-state index in [-0.39, 0.29) is 17.4 Å². The van der Waals surface area contributed by atoms with Gasteiger partial charge in [0.25, 0.3) is 5.56 Å². The van der Waals surface area contributed by atoms with Crippen molar-refractivity contribution in [1.82, 2.24) is 29.6 Å². The van der Waals surface area contributed by atoms with E-state index in [0.29, 0.717) is 91.3 Å². The first-order valence-electron chi connectivity index (χ1n) is 15.2. The van der Waals surface area contributed by atoms with Gasteiger partial charge in [0.2, 0.25) is 5.88 Å². The van der Waals surface area contributed by atoms with E-state index in [1.54, 1.807) is 38.8 Å². The Balaban J connectivity index is 1.14. The van der Waals surface area contributed by atoms with E-state index >= 15 is 0 Å². The number of pyridine rings is 1. The molecule has 7 rings (SSSR count). The van der Waals surface area contributed by atoms with Crippen LogP contribution in [0.2, 0.25) is 10.0 Å². The van der Waals surface area contributed by atoms with Crippen LogP contribution < -0.4 is 15.6 Å². The Kier molecular flexibility index (Phi) is 8.29. The number of nitrogens with zero attached hydrogens (tertiary/aromatic N) is 6. The summed E-state index contributed by atoms with van der Waals surface area (Å²) >= 11 is 14.0. The molecule has 5 aromatic rings. The predicted molar refractivity (Wildman–Crippen MR) is 180 cm³/mol. The SMILES string of the molecule is CCOC(=O)C1[C@H]2CN(Cc3ncc(-c4cccc(-c5cccc(Nc6nccc7cnn(C)c(=O)c67)c5Cl)c4Cl)nc3OC)C[C@@H]12. The maximum Gasteiger partial charge on any atom is 0.309 e. The summed E-state index contributed by atoms with van der Waals surface area (Å²) in [5, 5.41) is 9.26. The topological polar surface area (TPSA) is 124 Å². The molecule has 0 radical (unpaired) electrons. The number of halogens is 2. The third kappa shape index (κ3) is 5.68. The highest BCUT2D eigenvalue weighted by Gasteiger charge is 2.60. The number of methoxy groups -OCH3 is 1. The van der Waals surface area contributed by atoms with Crippen molar-refractivity contribution in [3.63, 3.8) is 0 Å². The number of ether oxygens (including phenoxy) is 2. The van der Waals surface area contributed by atoms with Crippen LogP contribution in [0.1, 0.15) is 12.6 Å². The van der Waals surface area contributed by atoms with Gasteiger partial charge in [-0.2, -0.15) is 5.10 Å². The van der Waals surface area contributed by atoms with Crippen molar-refractivity contribution in [2.45, 2.75) is 13.5 Å². The number of aromatic nitrogens is 5. The Morgan fingerprint density at radius 3 is 2.47 bits per heavy atom. The number of anilines is 2. The Bertz CT molecular complexity index is 2080. The number of hydrogen-bond donors (Lipinski definition) is 1. The second-order valence-corrected chi connectivity index (χ2v) is 12.4. The first-order valence-corrected chi connectivity index (χ1v) is 16.0. The third-order valence-corrected chi connectivity index (χ3v) is 9.70. The first kappa shape index (κ1) is 31.0. The van der Waals surface area contributed by atoms with Crippen LogP contribution in [-0.2, 0) is 23.1 Å². The Labute approximate surface area is 280 Å². The number of rotatable bonds is 9. The molecular weight excluding hydrogens is 641 g/mol. The van der Waals surface area contributed by atoms with E-state index in [1.165, 1.54) is 4.68 Å². The predicted octanol–water partition coefficient (Wildman–Crippen LogP) is 5.75. The van der Waals surface area contributed by atoms with Gasteiger partial charge in [-0.15, -0.1) is 0 Å². The number of hydrogen-bond acceptors (Lipinski definition) is 10. The Morgan fingerprint density at radius 2 is 1.72 bits per heavy atom. The van der Waals surface area contributed by atoms with Crippen molar-refractivity contribution in [3.05, 3.63) is 87.1 Å². The summed E-state index contributed by atoms with van der Waals surface area (Å²) in [4.78, 5) is 41.2. The van der Waals surface area contributed by atoms with Crippen LogP contribution in [0.15, 0.2) is 65.8 Å². The quantitative estimate of drug-likeness (QED) is 0.194. The normalized spacial score (nSPS) is 18.6. The van der Waals surface area contributed by atoms with Gasteiger partial charge in [0.15, 0.2) is 0 Å². The van der Waals surface area contributed by atoms with Crippen LogP contribution >= 0.6 is 23.2 Å². The molecule has 11 nitrogen and oxygen atoms in total. The number of nitrogens with one attached hydrogen (secondary N) is 1. The van der Waals surface area contributed by atoms with Crippen LogP contribution in [-0.4, -0.2) is 62.4 Å². The minimum absolute atomic E-state index is 0.0162. The molecule has 1 unspecified atom stereocenters. The molecular formula is C34H31Cl2N7O4. The van der Waals surface area contributed by atoms with E-state index in [1.807, 2.05) is 43.3 Å². The molecule has 240 valence electrons. The van der Waals surface area contributed by atoms with Crippen LogP contribution in [0.25, 0.3) is 33.2 Å². The highest BCUT2D eigenvalue weighted by molar-refractivity contribution is 6.39. The average Bonchev–Trinajstić information content (AvgIpc) is 3.59. The largest absolute Gasteiger partial charge is 0.480 e. The van der Waals surface area contributed by atoms with E-state index in [0.717, 1.165) is 13.1 Å². The number of likely N-dealkylation sites (tertiary alicyclic amines) is 1. The molecule has 1 N–H and O–H groups in total. The number of benzene rings is 2. The molecule has 1 saturated carbocycles. The molecule has 0 spiro atoms. The first-order chi connectivity index (χ1) is 22.8. The van der Waals surface area contributed by atoms with Gasteiger partial charge in [-0.05, 0) is 30.9 Å². The van der Waals surface area contributed by atoms with Gasteiger partial charge in [0, 0.05) is 55.0 Å². The number of esters is 1.